The van der Waals surface area contributed by atoms with Crippen LogP contribution in [0.3, 0.4) is 0 Å². The molecule has 1 fully saturated rings. The van der Waals surface area contributed by atoms with Crippen molar-refractivity contribution in [2.24, 2.45) is 5.92 Å². The Kier molecular flexibility index (Phi) is 3.39. The van der Waals surface area contributed by atoms with Gasteiger partial charge < -0.3 is 4.74 Å². The maximum absolute atomic E-state index is 12.3. The first-order valence-electron chi connectivity index (χ1n) is 5.95. The Labute approximate surface area is 95.6 Å². The number of aromatic nitrogens is 2. The van der Waals surface area contributed by atoms with Gasteiger partial charge in [0.2, 0.25) is 0 Å². The molecule has 16 heavy (non-hydrogen) atoms. The molecule has 1 aliphatic rings. The zero-order chi connectivity index (χ0) is 11.5. The Hall–Kier alpha value is -1.16. The van der Waals surface area contributed by atoms with Crippen LogP contribution in [0, 0.1) is 5.92 Å². The van der Waals surface area contributed by atoms with Crippen molar-refractivity contribution in [1.82, 2.24) is 9.78 Å². The number of rotatable bonds is 4. The number of nitrogens with zero attached hydrogens (tertiary/aromatic N) is 2. The predicted octanol–water partition coefficient (Wildman–Crippen LogP) is 1.90. The van der Waals surface area contributed by atoms with E-state index in [0.29, 0.717) is 6.61 Å². The molecule has 2 heterocycles. The van der Waals surface area contributed by atoms with Crippen molar-refractivity contribution in [3.63, 3.8) is 0 Å². The van der Waals surface area contributed by atoms with Gasteiger partial charge in [-0.05, 0) is 25.8 Å². The number of ketones is 1. The Morgan fingerprint density at radius 2 is 2.44 bits per heavy atom. The summed E-state index contributed by atoms with van der Waals surface area (Å²) in [5.74, 6) is 0.204. The maximum Gasteiger partial charge on any atom is 0.186 e. The lowest BCUT2D eigenvalue weighted by Crippen LogP contribution is -2.25. The number of ether oxygens (including phenoxy) is 1. The molecule has 4 nitrogen and oxygen atoms in total. The van der Waals surface area contributed by atoms with Crippen LogP contribution in [0.25, 0.3) is 0 Å². The molecule has 1 saturated heterocycles. The Morgan fingerprint density at radius 1 is 1.62 bits per heavy atom. The van der Waals surface area contributed by atoms with E-state index in [-0.39, 0.29) is 17.8 Å². The van der Waals surface area contributed by atoms with Crippen molar-refractivity contribution in [1.29, 1.82) is 0 Å². The molecular formula is C12H18N2O2. The lowest BCUT2D eigenvalue weighted by atomic mass is 9.93. The Morgan fingerprint density at radius 3 is 3.12 bits per heavy atom. The summed E-state index contributed by atoms with van der Waals surface area (Å²) < 4.78 is 7.31. The standard InChI is InChI=1S/C12H18N2O2/c1-3-11-9(6-8-16-11)12(15)10-5-7-13-14(10)4-2/h5,7,9,11H,3-4,6,8H2,1-2H3. The van der Waals surface area contributed by atoms with Gasteiger partial charge in [-0.3, -0.25) is 9.48 Å². The van der Waals surface area contributed by atoms with Crippen LogP contribution >= 0.6 is 0 Å². The van der Waals surface area contributed by atoms with Gasteiger partial charge in [-0.15, -0.1) is 0 Å². The van der Waals surface area contributed by atoms with Gasteiger partial charge in [-0.25, -0.2) is 0 Å². The quantitative estimate of drug-likeness (QED) is 0.731. The molecule has 0 spiro atoms. The van der Waals surface area contributed by atoms with Gasteiger partial charge >= 0.3 is 0 Å². The van der Waals surface area contributed by atoms with Crippen molar-refractivity contribution in [2.75, 3.05) is 6.61 Å². The molecule has 0 bridgehead atoms. The van der Waals surface area contributed by atoms with Crippen molar-refractivity contribution < 1.29 is 9.53 Å². The summed E-state index contributed by atoms with van der Waals surface area (Å²) in [6.45, 7) is 5.49. The topological polar surface area (TPSA) is 44.1 Å². The molecule has 2 rings (SSSR count). The van der Waals surface area contributed by atoms with Gasteiger partial charge in [0.1, 0.15) is 5.69 Å². The Balaban J connectivity index is 2.18. The van der Waals surface area contributed by atoms with E-state index in [0.717, 1.165) is 25.1 Å². The molecule has 1 aromatic heterocycles. The highest BCUT2D eigenvalue weighted by Crippen LogP contribution is 2.26. The molecule has 88 valence electrons. The average molecular weight is 222 g/mol. The van der Waals surface area contributed by atoms with E-state index in [4.69, 9.17) is 4.74 Å². The molecule has 0 saturated carbocycles. The molecular weight excluding hydrogens is 204 g/mol. The van der Waals surface area contributed by atoms with Crippen LogP contribution in [-0.4, -0.2) is 28.3 Å². The van der Waals surface area contributed by atoms with Gasteiger partial charge in [0.15, 0.2) is 5.78 Å². The van der Waals surface area contributed by atoms with Crippen LogP contribution < -0.4 is 0 Å². The maximum atomic E-state index is 12.3. The summed E-state index contributed by atoms with van der Waals surface area (Å²) in [4.78, 5) is 12.3. The van der Waals surface area contributed by atoms with E-state index in [1.54, 1.807) is 16.9 Å². The number of carbonyl (C=O) groups is 1. The van der Waals surface area contributed by atoms with E-state index >= 15 is 0 Å². The fourth-order valence-corrected chi connectivity index (χ4v) is 2.33. The van der Waals surface area contributed by atoms with Gasteiger partial charge in [-0.1, -0.05) is 6.92 Å². The number of hydrogen-bond donors (Lipinski definition) is 0. The second kappa shape index (κ2) is 4.78. The monoisotopic (exact) mass is 222 g/mol. The van der Waals surface area contributed by atoms with Gasteiger partial charge in [-0.2, -0.15) is 5.10 Å². The molecule has 2 unspecified atom stereocenters. The van der Waals surface area contributed by atoms with Crippen LogP contribution in [0.5, 0.6) is 0 Å². The molecule has 1 aliphatic heterocycles. The minimum Gasteiger partial charge on any atom is -0.377 e. The summed E-state index contributed by atoms with van der Waals surface area (Å²) in [5.41, 5.74) is 0.719. The van der Waals surface area contributed by atoms with E-state index < -0.39 is 0 Å². The second-order valence-corrected chi connectivity index (χ2v) is 4.11. The van der Waals surface area contributed by atoms with Gasteiger partial charge in [0, 0.05) is 19.3 Å². The summed E-state index contributed by atoms with van der Waals surface area (Å²) >= 11 is 0. The molecule has 0 radical (unpaired) electrons. The molecule has 0 aliphatic carbocycles. The largest absolute Gasteiger partial charge is 0.377 e. The van der Waals surface area contributed by atoms with E-state index in [2.05, 4.69) is 12.0 Å². The highest BCUT2D eigenvalue weighted by molar-refractivity contribution is 5.96. The number of Topliss-reactive ketones (excluding diaryl/α,β-unsaturated/α-hetero) is 1. The zero-order valence-electron chi connectivity index (χ0n) is 9.85. The van der Waals surface area contributed by atoms with Gasteiger partial charge in [0.25, 0.3) is 0 Å². The van der Waals surface area contributed by atoms with Gasteiger partial charge in [0.05, 0.1) is 12.0 Å². The molecule has 1 aromatic rings. The first kappa shape index (κ1) is 11.3. The lowest BCUT2D eigenvalue weighted by molar-refractivity contribution is 0.0681. The van der Waals surface area contributed by atoms with Crippen molar-refractivity contribution in [3.05, 3.63) is 18.0 Å². The van der Waals surface area contributed by atoms with Crippen LogP contribution in [0.15, 0.2) is 12.3 Å². The predicted molar refractivity (Wildman–Crippen MR) is 60.4 cm³/mol. The van der Waals surface area contributed by atoms with Crippen molar-refractivity contribution in [2.45, 2.75) is 39.3 Å². The number of hydrogen-bond acceptors (Lipinski definition) is 3. The highest BCUT2D eigenvalue weighted by Gasteiger charge is 2.34. The molecule has 0 amide bonds. The van der Waals surface area contributed by atoms with Crippen LogP contribution in [-0.2, 0) is 11.3 Å². The minimum absolute atomic E-state index is 0.0204. The molecule has 4 heteroatoms. The number of carbonyl (C=O) groups excluding carboxylic acids is 1. The lowest BCUT2D eigenvalue weighted by Gasteiger charge is -2.15. The zero-order valence-corrected chi connectivity index (χ0v) is 9.85. The normalized spacial score (nSPS) is 24.9. The Bertz CT molecular complexity index is 373. The van der Waals surface area contributed by atoms with E-state index in [9.17, 15) is 4.79 Å². The van der Waals surface area contributed by atoms with Crippen LogP contribution in [0.4, 0.5) is 0 Å². The minimum atomic E-state index is 0.0204. The second-order valence-electron chi connectivity index (χ2n) is 4.11. The fourth-order valence-electron chi connectivity index (χ4n) is 2.33. The third kappa shape index (κ3) is 1.89. The fraction of sp³-hybridized carbons (Fsp3) is 0.667. The first-order chi connectivity index (χ1) is 7.77. The third-order valence-electron chi connectivity index (χ3n) is 3.22. The molecule has 0 aromatic carbocycles. The third-order valence-corrected chi connectivity index (χ3v) is 3.22. The molecule has 0 N–H and O–H groups in total. The SMILES string of the molecule is CCC1OCCC1C(=O)c1ccnn1CC. The summed E-state index contributed by atoms with van der Waals surface area (Å²) in [7, 11) is 0. The highest BCUT2D eigenvalue weighted by atomic mass is 16.5. The first-order valence-corrected chi connectivity index (χ1v) is 5.95. The smallest absolute Gasteiger partial charge is 0.186 e. The van der Waals surface area contributed by atoms with Crippen molar-refractivity contribution >= 4 is 5.78 Å². The summed E-state index contributed by atoms with van der Waals surface area (Å²) in [6.07, 6.45) is 3.52. The van der Waals surface area contributed by atoms with Crippen LogP contribution in [0.2, 0.25) is 0 Å². The van der Waals surface area contributed by atoms with E-state index in [1.807, 2.05) is 6.92 Å². The van der Waals surface area contributed by atoms with Crippen molar-refractivity contribution in [3.8, 4) is 0 Å². The summed E-state index contributed by atoms with van der Waals surface area (Å²) in [6, 6.07) is 1.80. The number of aryl methyl sites for hydroxylation is 1. The van der Waals surface area contributed by atoms with E-state index in [1.165, 1.54) is 0 Å². The summed E-state index contributed by atoms with van der Waals surface area (Å²) in [5, 5.41) is 4.13. The molecule has 2 atom stereocenters. The average Bonchev–Trinajstić information content (AvgIpc) is 2.96. The van der Waals surface area contributed by atoms with Crippen LogP contribution in [0.1, 0.15) is 37.2 Å².